The summed E-state index contributed by atoms with van der Waals surface area (Å²) in [5.41, 5.74) is 2.87. The molecular formula is C30H41NO5. The topological polar surface area (TPSA) is 65.1 Å². The highest BCUT2D eigenvalue weighted by atomic mass is 16.7. The largest absolute Gasteiger partial charge is 0.454 e. The standard InChI is InChI=1S/C30H41NO5/c1-10-31(21(4)15-22-11-12-23-24(16-22)35-18-34-23)26(32)17-30(8,9)27-20(3)13-19(2)14-25(27)36-28(33)29(5,6)7/h11-14,16,21H,10,15,17-18H2,1-9H3. The zero-order valence-electron chi connectivity index (χ0n) is 23.3. The van der Waals surface area contributed by atoms with E-state index in [1.165, 1.54) is 0 Å². The summed E-state index contributed by atoms with van der Waals surface area (Å²) >= 11 is 0. The molecule has 0 aliphatic carbocycles. The highest BCUT2D eigenvalue weighted by Crippen LogP contribution is 2.39. The summed E-state index contributed by atoms with van der Waals surface area (Å²) in [6, 6.07) is 9.93. The third kappa shape index (κ3) is 6.21. The fraction of sp³-hybridized carbons (Fsp3) is 0.533. The summed E-state index contributed by atoms with van der Waals surface area (Å²) in [4.78, 5) is 28.3. The summed E-state index contributed by atoms with van der Waals surface area (Å²) in [5.74, 6) is 1.84. The first-order chi connectivity index (χ1) is 16.7. The van der Waals surface area contributed by atoms with Gasteiger partial charge in [-0.3, -0.25) is 9.59 Å². The molecule has 196 valence electrons. The van der Waals surface area contributed by atoms with Crippen molar-refractivity contribution in [1.82, 2.24) is 4.90 Å². The van der Waals surface area contributed by atoms with Crippen LogP contribution in [0, 0.1) is 19.3 Å². The fourth-order valence-corrected chi connectivity index (χ4v) is 4.95. The summed E-state index contributed by atoms with van der Waals surface area (Å²) in [6.07, 6.45) is 1.02. The van der Waals surface area contributed by atoms with Crippen LogP contribution in [-0.4, -0.2) is 36.2 Å². The SMILES string of the molecule is CCN(C(=O)CC(C)(C)c1c(C)cc(C)cc1OC(=O)C(C)(C)C)C(C)Cc1ccc2c(c1)OCO2. The number of amides is 1. The van der Waals surface area contributed by atoms with E-state index in [0.717, 1.165) is 33.8 Å². The molecule has 1 aliphatic rings. The molecule has 2 aromatic carbocycles. The molecule has 0 saturated carbocycles. The van der Waals surface area contributed by atoms with E-state index >= 15 is 0 Å². The van der Waals surface area contributed by atoms with Crippen molar-refractivity contribution < 1.29 is 23.8 Å². The number of benzene rings is 2. The molecule has 1 heterocycles. The first kappa shape index (κ1) is 27.6. The Balaban J connectivity index is 1.81. The Morgan fingerprint density at radius 1 is 1.03 bits per heavy atom. The molecule has 36 heavy (non-hydrogen) atoms. The molecule has 0 bridgehead atoms. The van der Waals surface area contributed by atoms with E-state index in [1.54, 1.807) is 0 Å². The van der Waals surface area contributed by atoms with Gasteiger partial charge >= 0.3 is 5.97 Å². The van der Waals surface area contributed by atoms with Gasteiger partial charge in [0.05, 0.1) is 5.41 Å². The van der Waals surface area contributed by atoms with Crippen LogP contribution in [0.4, 0.5) is 0 Å². The van der Waals surface area contributed by atoms with Gasteiger partial charge in [0, 0.05) is 30.0 Å². The second-order valence-electron chi connectivity index (χ2n) is 11.6. The van der Waals surface area contributed by atoms with Crippen LogP contribution in [0.25, 0.3) is 0 Å². The van der Waals surface area contributed by atoms with Crippen molar-refractivity contribution in [2.75, 3.05) is 13.3 Å². The van der Waals surface area contributed by atoms with Crippen LogP contribution in [0.2, 0.25) is 0 Å². The zero-order valence-corrected chi connectivity index (χ0v) is 23.3. The average Bonchev–Trinajstić information content (AvgIpc) is 3.20. The number of hydrogen-bond donors (Lipinski definition) is 0. The van der Waals surface area contributed by atoms with Gasteiger partial charge in [0.1, 0.15) is 5.75 Å². The molecule has 2 aromatic rings. The number of fused-ring (bicyclic) bond motifs is 1. The van der Waals surface area contributed by atoms with Crippen LogP contribution in [0.1, 0.15) is 77.1 Å². The van der Waals surface area contributed by atoms with E-state index in [9.17, 15) is 9.59 Å². The molecule has 0 N–H and O–H groups in total. The summed E-state index contributed by atoms with van der Waals surface area (Å²) in [6.45, 7) is 18.6. The molecule has 0 radical (unpaired) electrons. The van der Waals surface area contributed by atoms with Crippen molar-refractivity contribution in [3.8, 4) is 17.2 Å². The predicted molar refractivity (Wildman–Crippen MR) is 142 cm³/mol. The number of nitrogens with zero attached hydrogens (tertiary/aromatic N) is 1. The van der Waals surface area contributed by atoms with Crippen molar-refractivity contribution in [1.29, 1.82) is 0 Å². The lowest BCUT2D eigenvalue weighted by atomic mass is 9.77. The van der Waals surface area contributed by atoms with Gasteiger partial charge in [-0.15, -0.1) is 0 Å². The Labute approximate surface area is 215 Å². The maximum absolute atomic E-state index is 13.6. The van der Waals surface area contributed by atoms with Gasteiger partial charge in [0.2, 0.25) is 12.7 Å². The van der Waals surface area contributed by atoms with Crippen LogP contribution in [0.15, 0.2) is 30.3 Å². The van der Waals surface area contributed by atoms with E-state index in [2.05, 4.69) is 13.0 Å². The van der Waals surface area contributed by atoms with Crippen LogP contribution >= 0.6 is 0 Å². The molecule has 0 fully saturated rings. The van der Waals surface area contributed by atoms with E-state index < -0.39 is 10.8 Å². The van der Waals surface area contributed by atoms with Gasteiger partial charge in [0.25, 0.3) is 0 Å². The Bertz CT molecular complexity index is 1130. The molecule has 6 nitrogen and oxygen atoms in total. The molecule has 1 atom stereocenters. The first-order valence-corrected chi connectivity index (χ1v) is 12.7. The highest BCUT2D eigenvalue weighted by molar-refractivity contribution is 5.80. The molecule has 0 spiro atoms. The molecule has 1 aliphatic heterocycles. The Hall–Kier alpha value is -3.02. The van der Waals surface area contributed by atoms with Crippen molar-refractivity contribution in [2.45, 2.75) is 86.6 Å². The lowest BCUT2D eigenvalue weighted by Crippen LogP contribution is -2.42. The summed E-state index contributed by atoms with van der Waals surface area (Å²) < 4.78 is 16.8. The van der Waals surface area contributed by atoms with Gasteiger partial charge in [-0.25, -0.2) is 0 Å². The van der Waals surface area contributed by atoms with E-state index in [0.29, 0.717) is 25.1 Å². The maximum Gasteiger partial charge on any atom is 0.316 e. The smallest absolute Gasteiger partial charge is 0.316 e. The Morgan fingerprint density at radius 3 is 2.33 bits per heavy atom. The van der Waals surface area contributed by atoms with Gasteiger partial charge in [-0.1, -0.05) is 26.0 Å². The number of ether oxygens (including phenoxy) is 3. The van der Waals surface area contributed by atoms with Crippen LogP contribution in [-0.2, 0) is 21.4 Å². The molecule has 0 aromatic heterocycles. The Morgan fingerprint density at radius 2 is 1.69 bits per heavy atom. The molecule has 1 unspecified atom stereocenters. The normalized spacial score (nSPS) is 13.9. The second kappa shape index (κ2) is 10.5. The third-order valence-corrected chi connectivity index (χ3v) is 6.69. The minimum absolute atomic E-state index is 0.0102. The van der Waals surface area contributed by atoms with Gasteiger partial charge in [0.15, 0.2) is 11.5 Å². The number of likely N-dealkylation sites (N-methyl/N-ethyl adjacent to an activating group) is 1. The first-order valence-electron chi connectivity index (χ1n) is 12.7. The van der Waals surface area contributed by atoms with Gasteiger partial charge in [-0.05, 0) is 89.8 Å². The van der Waals surface area contributed by atoms with Crippen LogP contribution < -0.4 is 14.2 Å². The minimum Gasteiger partial charge on any atom is -0.454 e. The van der Waals surface area contributed by atoms with Gasteiger partial charge < -0.3 is 19.1 Å². The van der Waals surface area contributed by atoms with Crippen molar-refractivity contribution in [2.24, 2.45) is 5.41 Å². The Kier molecular flexibility index (Phi) is 8.07. The molecular weight excluding hydrogens is 454 g/mol. The lowest BCUT2D eigenvalue weighted by molar-refractivity contribution is -0.143. The monoisotopic (exact) mass is 495 g/mol. The number of carbonyl (C=O) groups is 2. The van der Waals surface area contributed by atoms with Gasteiger partial charge in [-0.2, -0.15) is 0 Å². The average molecular weight is 496 g/mol. The van der Waals surface area contributed by atoms with E-state index in [4.69, 9.17) is 14.2 Å². The molecule has 6 heteroatoms. The number of carbonyl (C=O) groups excluding carboxylic acids is 2. The number of rotatable bonds is 8. The van der Waals surface area contributed by atoms with E-state index in [-0.39, 0.29) is 24.7 Å². The number of hydrogen-bond acceptors (Lipinski definition) is 5. The minimum atomic E-state index is -0.627. The van der Waals surface area contributed by atoms with E-state index in [1.807, 2.05) is 84.6 Å². The highest BCUT2D eigenvalue weighted by Gasteiger charge is 2.34. The molecule has 1 amide bonds. The van der Waals surface area contributed by atoms with Crippen molar-refractivity contribution >= 4 is 11.9 Å². The third-order valence-electron chi connectivity index (χ3n) is 6.69. The van der Waals surface area contributed by atoms with Crippen molar-refractivity contribution in [3.63, 3.8) is 0 Å². The number of aryl methyl sites for hydroxylation is 2. The molecule has 0 saturated heterocycles. The quantitative estimate of drug-likeness (QED) is 0.326. The zero-order chi connectivity index (χ0) is 26.8. The van der Waals surface area contributed by atoms with Crippen LogP contribution in [0.3, 0.4) is 0 Å². The molecule has 3 rings (SSSR count). The lowest BCUT2D eigenvalue weighted by Gasteiger charge is -2.34. The predicted octanol–water partition coefficient (Wildman–Crippen LogP) is 6.13. The summed E-state index contributed by atoms with van der Waals surface area (Å²) in [7, 11) is 0. The second-order valence-corrected chi connectivity index (χ2v) is 11.6. The van der Waals surface area contributed by atoms with Crippen molar-refractivity contribution in [3.05, 3.63) is 52.6 Å². The summed E-state index contributed by atoms with van der Waals surface area (Å²) in [5, 5.41) is 0. The maximum atomic E-state index is 13.6. The van der Waals surface area contributed by atoms with Crippen LogP contribution in [0.5, 0.6) is 17.2 Å². The fourth-order valence-electron chi connectivity index (χ4n) is 4.95. The number of esters is 1.